The van der Waals surface area contributed by atoms with Crippen LogP contribution in [0.2, 0.25) is 0 Å². The molecule has 28 heavy (non-hydrogen) atoms. The predicted octanol–water partition coefficient (Wildman–Crippen LogP) is 4.30. The molecule has 2 aliphatic rings. The number of hydrogen-bond acceptors (Lipinski definition) is 3. The van der Waals surface area contributed by atoms with Gasteiger partial charge in [-0.25, -0.2) is 4.39 Å². The van der Waals surface area contributed by atoms with Gasteiger partial charge in [0, 0.05) is 47.0 Å². The van der Waals surface area contributed by atoms with Crippen molar-refractivity contribution < 1.29 is 14.0 Å². The number of carbonyl (C=O) groups excluding carboxylic acids is 2. The van der Waals surface area contributed by atoms with Crippen LogP contribution in [-0.2, 0) is 9.59 Å². The highest BCUT2D eigenvalue weighted by atomic mass is 19.1. The molecule has 0 fully saturated rings. The van der Waals surface area contributed by atoms with Crippen LogP contribution in [0, 0.1) is 11.2 Å². The highest BCUT2D eigenvalue weighted by Gasteiger charge is 2.45. The van der Waals surface area contributed by atoms with E-state index in [9.17, 15) is 14.0 Å². The zero-order valence-corrected chi connectivity index (χ0v) is 17.4. The maximum atomic E-state index is 14.1. The van der Waals surface area contributed by atoms with E-state index >= 15 is 0 Å². The van der Waals surface area contributed by atoms with Crippen molar-refractivity contribution in [2.45, 2.75) is 53.4 Å². The minimum Gasteiger partial charge on any atom is -0.362 e. The van der Waals surface area contributed by atoms with E-state index < -0.39 is 11.3 Å². The van der Waals surface area contributed by atoms with Crippen LogP contribution in [0.3, 0.4) is 0 Å². The van der Waals surface area contributed by atoms with Crippen LogP contribution in [0.5, 0.6) is 0 Å². The normalized spacial score (nSPS) is 21.4. The number of nitrogens with one attached hydrogen (secondary N) is 1. The first-order valence-corrected chi connectivity index (χ1v) is 10.0. The van der Waals surface area contributed by atoms with Crippen LogP contribution < -0.4 is 5.32 Å². The number of halogens is 1. The lowest BCUT2D eigenvalue weighted by molar-refractivity contribution is -0.127. The van der Waals surface area contributed by atoms with Crippen molar-refractivity contribution in [1.82, 2.24) is 10.2 Å². The molecule has 0 aromatic heterocycles. The second-order valence-corrected chi connectivity index (χ2v) is 8.23. The molecule has 1 N–H and O–H groups in total. The second kappa shape index (κ2) is 7.53. The van der Waals surface area contributed by atoms with E-state index in [-0.39, 0.29) is 17.5 Å². The maximum Gasteiger partial charge on any atom is 0.252 e. The van der Waals surface area contributed by atoms with Crippen molar-refractivity contribution >= 4 is 11.7 Å². The van der Waals surface area contributed by atoms with Crippen LogP contribution in [0.15, 0.2) is 46.8 Å². The highest BCUT2D eigenvalue weighted by molar-refractivity contribution is 6.07. The zero-order chi connectivity index (χ0) is 20.6. The monoisotopic (exact) mass is 384 g/mol. The summed E-state index contributed by atoms with van der Waals surface area (Å²) in [5.41, 5.74) is 2.92. The first-order valence-electron chi connectivity index (χ1n) is 10.0. The smallest absolute Gasteiger partial charge is 0.252 e. The molecule has 1 atom stereocenters. The minimum atomic E-state index is -0.549. The Morgan fingerprint density at radius 2 is 1.96 bits per heavy atom. The number of carbonyl (C=O) groups is 2. The van der Waals surface area contributed by atoms with Crippen molar-refractivity contribution in [3.05, 3.63) is 58.2 Å². The third-order valence-electron chi connectivity index (χ3n) is 5.97. The molecular formula is C23H29FN2O2. The Morgan fingerprint density at radius 3 is 2.57 bits per heavy atom. The third-order valence-corrected chi connectivity index (χ3v) is 5.97. The van der Waals surface area contributed by atoms with E-state index in [0.29, 0.717) is 29.8 Å². The van der Waals surface area contributed by atoms with E-state index in [1.165, 1.54) is 12.1 Å². The number of Topliss-reactive ketones (excluding diaryl/α,β-unsaturated/α-hetero) is 1. The average molecular weight is 384 g/mol. The Morgan fingerprint density at radius 1 is 1.29 bits per heavy atom. The van der Waals surface area contributed by atoms with Crippen molar-refractivity contribution in [2.24, 2.45) is 5.41 Å². The Bertz CT molecular complexity index is 878. The van der Waals surface area contributed by atoms with E-state index in [4.69, 9.17) is 0 Å². The predicted molar refractivity (Wildman–Crippen MR) is 108 cm³/mol. The summed E-state index contributed by atoms with van der Waals surface area (Å²) in [7, 11) is 0. The molecule has 0 spiro atoms. The molecule has 0 saturated carbocycles. The van der Waals surface area contributed by atoms with E-state index in [0.717, 1.165) is 24.2 Å². The molecule has 1 aliphatic heterocycles. The first kappa shape index (κ1) is 20.3. The van der Waals surface area contributed by atoms with E-state index in [1.807, 2.05) is 34.6 Å². The molecule has 1 amide bonds. The van der Waals surface area contributed by atoms with Crippen LogP contribution in [-0.4, -0.2) is 29.7 Å². The number of nitrogens with zero attached hydrogens (tertiary/aromatic N) is 1. The number of rotatable bonds is 4. The molecule has 1 aliphatic carbocycles. The Kier molecular flexibility index (Phi) is 5.46. The van der Waals surface area contributed by atoms with Crippen molar-refractivity contribution in [2.75, 3.05) is 13.1 Å². The van der Waals surface area contributed by atoms with Crippen LogP contribution >= 0.6 is 0 Å². The van der Waals surface area contributed by atoms with Gasteiger partial charge in [-0.1, -0.05) is 26.0 Å². The van der Waals surface area contributed by atoms with Gasteiger partial charge in [-0.15, -0.1) is 0 Å². The molecular weight excluding hydrogens is 355 g/mol. The highest BCUT2D eigenvalue weighted by Crippen LogP contribution is 2.47. The van der Waals surface area contributed by atoms with Crippen molar-refractivity contribution in [3.63, 3.8) is 0 Å². The summed E-state index contributed by atoms with van der Waals surface area (Å²) in [6.45, 7) is 10.8. The van der Waals surface area contributed by atoms with E-state index in [1.54, 1.807) is 17.0 Å². The summed E-state index contributed by atoms with van der Waals surface area (Å²) in [5, 5.41) is 3.33. The summed E-state index contributed by atoms with van der Waals surface area (Å²) in [6.07, 6.45) is 1.49. The van der Waals surface area contributed by atoms with Gasteiger partial charge in [-0.3, -0.25) is 9.59 Å². The summed E-state index contributed by atoms with van der Waals surface area (Å²) in [4.78, 5) is 28.5. The van der Waals surface area contributed by atoms with Gasteiger partial charge in [0.25, 0.3) is 5.91 Å². The minimum absolute atomic E-state index is 0.0351. The van der Waals surface area contributed by atoms with Gasteiger partial charge >= 0.3 is 0 Å². The van der Waals surface area contributed by atoms with Crippen molar-refractivity contribution in [3.8, 4) is 0 Å². The largest absolute Gasteiger partial charge is 0.362 e. The molecule has 1 heterocycles. The lowest BCUT2D eigenvalue weighted by Crippen LogP contribution is -2.43. The molecule has 1 aromatic carbocycles. The van der Waals surface area contributed by atoms with Gasteiger partial charge in [-0.2, -0.15) is 0 Å². The fourth-order valence-corrected chi connectivity index (χ4v) is 4.26. The third kappa shape index (κ3) is 3.38. The number of likely N-dealkylation sites (N-methyl/N-ethyl adjacent to an activating group) is 1. The van der Waals surface area contributed by atoms with Gasteiger partial charge in [-0.05, 0) is 51.3 Å². The number of dihydropyridines is 1. The van der Waals surface area contributed by atoms with E-state index in [2.05, 4.69) is 5.32 Å². The van der Waals surface area contributed by atoms with Gasteiger partial charge < -0.3 is 10.2 Å². The average Bonchev–Trinajstić information content (AvgIpc) is 2.65. The van der Waals surface area contributed by atoms with Crippen LogP contribution in [0.25, 0.3) is 0 Å². The van der Waals surface area contributed by atoms with Gasteiger partial charge in [0.05, 0.1) is 0 Å². The molecule has 150 valence electrons. The fraction of sp³-hybridized carbons (Fsp3) is 0.478. The molecule has 3 rings (SSSR count). The summed E-state index contributed by atoms with van der Waals surface area (Å²) in [5.74, 6) is -0.986. The molecule has 0 radical (unpaired) electrons. The number of ketones is 1. The summed E-state index contributed by atoms with van der Waals surface area (Å²) in [6, 6.07) is 6.27. The fourth-order valence-electron chi connectivity index (χ4n) is 4.26. The lowest BCUT2D eigenvalue weighted by atomic mass is 9.67. The number of hydrogen-bond donors (Lipinski definition) is 1. The van der Waals surface area contributed by atoms with Crippen LogP contribution in [0.4, 0.5) is 4.39 Å². The molecule has 1 aromatic rings. The summed E-state index contributed by atoms with van der Waals surface area (Å²) >= 11 is 0. The molecule has 5 heteroatoms. The van der Waals surface area contributed by atoms with Crippen molar-refractivity contribution in [1.29, 1.82) is 0 Å². The van der Waals surface area contributed by atoms with Gasteiger partial charge in [0.2, 0.25) is 0 Å². The number of benzene rings is 1. The Labute approximate surface area is 166 Å². The standard InChI is InChI=1S/C23H29FN2O2/c1-6-26(7-2)22(28)18-14(3)25-17-11-12-23(4,5)21(27)20(17)19(18)15-9-8-10-16(24)13-15/h8-10,13,19,25H,6-7,11-12H2,1-5H3. The quantitative estimate of drug-likeness (QED) is 0.842. The zero-order valence-electron chi connectivity index (χ0n) is 17.4. The number of allylic oxidation sites excluding steroid dienone is 3. The number of amides is 1. The SMILES string of the molecule is CCN(CC)C(=O)C1=C(C)NC2=C(C(=O)C(C)(C)CC2)C1c1cccc(F)c1. The van der Waals surface area contributed by atoms with Gasteiger partial charge in [0.1, 0.15) is 5.82 Å². The Balaban J connectivity index is 2.21. The Hall–Kier alpha value is -2.43. The maximum absolute atomic E-state index is 14.1. The molecule has 0 saturated heterocycles. The molecule has 0 bridgehead atoms. The summed E-state index contributed by atoms with van der Waals surface area (Å²) < 4.78 is 14.1. The topological polar surface area (TPSA) is 49.4 Å². The first-order chi connectivity index (χ1) is 13.2. The van der Waals surface area contributed by atoms with Crippen LogP contribution in [0.1, 0.15) is 58.9 Å². The molecule has 1 unspecified atom stereocenters. The molecule has 4 nitrogen and oxygen atoms in total. The van der Waals surface area contributed by atoms with Gasteiger partial charge in [0.15, 0.2) is 5.78 Å². The lowest BCUT2D eigenvalue weighted by Gasteiger charge is -2.40. The second-order valence-electron chi connectivity index (χ2n) is 8.23.